The van der Waals surface area contributed by atoms with Crippen LogP contribution in [0.25, 0.3) is 27.6 Å². The molecule has 40 heavy (non-hydrogen) atoms. The summed E-state index contributed by atoms with van der Waals surface area (Å²) in [5, 5.41) is 17.9. The van der Waals surface area contributed by atoms with Crippen molar-refractivity contribution in [3.05, 3.63) is 83.0 Å². The number of thiazole rings is 1. The van der Waals surface area contributed by atoms with Gasteiger partial charge in [0, 0.05) is 47.5 Å². The zero-order chi connectivity index (χ0) is 27.7. The lowest BCUT2D eigenvalue weighted by atomic mass is 10.1. The molecule has 1 atom stereocenters. The van der Waals surface area contributed by atoms with Crippen LogP contribution in [-0.2, 0) is 10.0 Å². The van der Waals surface area contributed by atoms with E-state index in [0.717, 1.165) is 33.9 Å². The molecule has 4 heterocycles. The van der Waals surface area contributed by atoms with Crippen LogP contribution in [0.1, 0.15) is 18.4 Å². The molecule has 10 nitrogen and oxygen atoms in total. The highest BCUT2D eigenvalue weighted by atomic mass is 35.5. The fourth-order valence-electron chi connectivity index (χ4n) is 4.84. The Kier molecular flexibility index (Phi) is 7.24. The van der Waals surface area contributed by atoms with Crippen LogP contribution in [0.3, 0.4) is 0 Å². The first-order valence-corrected chi connectivity index (χ1v) is 15.2. The van der Waals surface area contributed by atoms with Gasteiger partial charge >= 0.3 is 0 Å². The molecule has 1 saturated heterocycles. The number of nitrogens with one attached hydrogen (secondary N) is 1. The first-order chi connectivity index (χ1) is 19.4. The Morgan fingerprint density at radius 1 is 1.15 bits per heavy atom. The summed E-state index contributed by atoms with van der Waals surface area (Å²) in [6.07, 6.45) is 6.49. The Bertz CT molecular complexity index is 1800. The monoisotopic (exact) mass is 593 g/mol. The number of hydrogen-bond acceptors (Lipinski definition) is 9. The second-order valence-electron chi connectivity index (χ2n) is 9.30. The number of piperidine rings is 1. The molecule has 0 amide bonds. The number of benzene rings is 2. The summed E-state index contributed by atoms with van der Waals surface area (Å²) in [6, 6.07) is 15.5. The fraction of sp³-hybridized carbons (Fsp3) is 0.185. The lowest BCUT2D eigenvalue weighted by molar-refractivity contribution is 0.322. The molecule has 0 radical (unpaired) electrons. The molecule has 2 N–H and O–H groups in total. The molecule has 1 aliphatic heterocycles. The summed E-state index contributed by atoms with van der Waals surface area (Å²) < 4.78 is 30.0. The SMILES string of the molecule is O=S(=O)(c1ccc(Cl)cc1)N1CCC[C@@H](Nc2nccc(-c3c(-c4cccc(C=NO)c4)nc4sccn34)n2)C1. The Labute approximate surface area is 239 Å². The lowest BCUT2D eigenvalue weighted by Gasteiger charge is -2.32. The lowest BCUT2D eigenvalue weighted by Crippen LogP contribution is -2.45. The molecule has 6 rings (SSSR count). The predicted octanol–water partition coefficient (Wildman–Crippen LogP) is 5.25. The molecular weight excluding hydrogens is 570 g/mol. The average molecular weight is 594 g/mol. The molecule has 1 fully saturated rings. The molecule has 0 aliphatic carbocycles. The summed E-state index contributed by atoms with van der Waals surface area (Å²) in [6.45, 7) is 0.740. The molecular formula is C27H24ClN7O3S2. The van der Waals surface area contributed by atoms with Gasteiger partial charge in [0.15, 0.2) is 4.96 Å². The summed E-state index contributed by atoms with van der Waals surface area (Å²) >= 11 is 7.47. The maximum atomic E-state index is 13.2. The summed E-state index contributed by atoms with van der Waals surface area (Å²) in [5.41, 5.74) is 3.80. The standard InChI is InChI=1S/C27H24ClN7O3S2/c28-20-6-8-22(9-7-20)40(37,38)34-12-2-5-21(17-34)31-26-29-11-10-23(32-26)25-24(33-27-35(25)13-14-39-27)19-4-1-3-18(15-19)16-30-36/h1,3-4,6-11,13-16,21,36H,2,5,12,17H2,(H,29,31,32)/t21-/m1/s1. The highest BCUT2D eigenvalue weighted by Gasteiger charge is 2.30. The maximum absolute atomic E-state index is 13.2. The van der Waals surface area contributed by atoms with Crippen molar-refractivity contribution in [1.82, 2.24) is 23.7 Å². The zero-order valence-corrected chi connectivity index (χ0v) is 23.4. The molecule has 0 saturated carbocycles. The number of anilines is 1. The zero-order valence-electron chi connectivity index (χ0n) is 21.1. The number of sulfonamides is 1. The minimum Gasteiger partial charge on any atom is -0.411 e. The van der Waals surface area contributed by atoms with Gasteiger partial charge in [0.2, 0.25) is 16.0 Å². The van der Waals surface area contributed by atoms with Crippen molar-refractivity contribution in [3.8, 4) is 22.6 Å². The van der Waals surface area contributed by atoms with E-state index in [-0.39, 0.29) is 10.9 Å². The van der Waals surface area contributed by atoms with E-state index in [1.807, 2.05) is 46.3 Å². The van der Waals surface area contributed by atoms with Crippen LogP contribution in [-0.4, -0.2) is 62.6 Å². The van der Waals surface area contributed by atoms with Crippen LogP contribution in [0.15, 0.2) is 82.4 Å². The second kappa shape index (κ2) is 11.0. The van der Waals surface area contributed by atoms with Crippen LogP contribution in [0, 0.1) is 0 Å². The van der Waals surface area contributed by atoms with Crippen molar-refractivity contribution in [2.24, 2.45) is 5.16 Å². The third-order valence-electron chi connectivity index (χ3n) is 6.70. The molecule has 13 heteroatoms. The Morgan fingerprint density at radius 2 is 2.00 bits per heavy atom. The first kappa shape index (κ1) is 26.4. The van der Waals surface area contributed by atoms with E-state index >= 15 is 0 Å². The van der Waals surface area contributed by atoms with Gasteiger partial charge in [-0.1, -0.05) is 35.0 Å². The average Bonchev–Trinajstić information content (AvgIpc) is 3.56. The van der Waals surface area contributed by atoms with Gasteiger partial charge in [-0.2, -0.15) is 4.31 Å². The molecule has 1 aliphatic rings. The van der Waals surface area contributed by atoms with Gasteiger partial charge in [0.05, 0.1) is 22.5 Å². The van der Waals surface area contributed by atoms with Crippen LogP contribution < -0.4 is 5.32 Å². The Morgan fingerprint density at radius 3 is 2.83 bits per heavy atom. The molecule has 0 spiro atoms. The van der Waals surface area contributed by atoms with Gasteiger partial charge in [-0.15, -0.1) is 11.3 Å². The number of aromatic nitrogens is 4. The normalized spacial score (nSPS) is 16.6. The van der Waals surface area contributed by atoms with Crippen LogP contribution >= 0.6 is 22.9 Å². The van der Waals surface area contributed by atoms with E-state index in [4.69, 9.17) is 26.8 Å². The van der Waals surface area contributed by atoms with Crippen molar-refractivity contribution in [2.75, 3.05) is 18.4 Å². The summed E-state index contributed by atoms with van der Waals surface area (Å²) in [5.74, 6) is 0.408. The number of halogens is 1. The Hall–Kier alpha value is -3.84. The third kappa shape index (κ3) is 5.18. The number of fused-ring (bicyclic) bond motifs is 1. The van der Waals surface area contributed by atoms with E-state index in [0.29, 0.717) is 36.2 Å². The predicted molar refractivity (Wildman–Crippen MR) is 156 cm³/mol. The topological polar surface area (TPSA) is 125 Å². The molecule has 5 aromatic rings. The number of hydrogen-bond donors (Lipinski definition) is 2. The molecule has 3 aromatic heterocycles. The van der Waals surface area contributed by atoms with Crippen LogP contribution in [0.5, 0.6) is 0 Å². The number of rotatable bonds is 7. The van der Waals surface area contributed by atoms with Crippen LogP contribution in [0.2, 0.25) is 5.02 Å². The van der Waals surface area contributed by atoms with Crippen molar-refractivity contribution < 1.29 is 13.6 Å². The van der Waals surface area contributed by atoms with Crippen molar-refractivity contribution >= 4 is 50.1 Å². The number of imidazole rings is 1. The minimum atomic E-state index is -3.65. The van der Waals surface area contributed by atoms with Crippen molar-refractivity contribution in [2.45, 2.75) is 23.8 Å². The highest BCUT2D eigenvalue weighted by Crippen LogP contribution is 2.34. The van der Waals surface area contributed by atoms with E-state index in [1.54, 1.807) is 18.3 Å². The highest BCUT2D eigenvalue weighted by molar-refractivity contribution is 7.89. The summed E-state index contributed by atoms with van der Waals surface area (Å²) in [7, 11) is -3.65. The number of oxime groups is 1. The third-order valence-corrected chi connectivity index (χ3v) is 9.58. The molecule has 0 unspecified atom stereocenters. The maximum Gasteiger partial charge on any atom is 0.243 e. The summed E-state index contributed by atoms with van der Waals surface area (Å²) in [4.78, 5) is 15.1. The second-order valence-corrected chi connectivity index (χ2v) is 12.5. The smallest absolute Gasteiger partial charge is 0.243 e. The number of nitrogens with zero attached hydrogens (tertiary/aromatic N) is 6. The molecule has 0 bridgehead atoms. The molecule has 204 valence electrons. The van der Waals surface area contributed by atoms with Gasteiger partial charge in [0.25, 0.3) is 0 Å². The largest absolute Gasteiger partial charge is 0.411 e. The van der Waals surface area contributed by atoms with Crippen LogP contribution in [0.4, 0.5) is 5.95 Å². The van der Waals surface area contributed by atoms with Gasteiger partial charge in [-0.05, 0) is 54.8 Å². The minimum absolute atomic E-state index is 0.161. The first-order valence-electron chi connectivity index (χ1n) is 12.5. The van der Waals surface area contributed by atoms with E-state index in [9.17, 15) is 8.42 Å². The van der Waals surface area contributed by atoms with Gasteiger partial charge in [0.1, 0.15) is 5.69 Å². The van der Waals surface area contributed by atoms with Crippen molar-refractivity contribution in [3.63, 3.8) is 0 Å². The quantitative estimate of drug-likeness (QED) is 0.150. The van der Waals surface area contributed by atoms with E-state index in [2.05, 4.69) is 15.5 Å². The van der Waals surface area contributed by atoms with E-state index < -0.39 is 10.0 Å². The van der Waals surface area contributed by atoms with Gasteiger partial charge in [-0.25, -0.2) is 23.4 Å². The fourth-order valence-corrected chi connectivity index (χ4v) is 7.21. The van der Waals surface area contributed by atoms with Gasteiger partial charge in [-0.3, -0.25) is 4.40 Å². The van der Waals surface area contributed by atoms with Gasteiger partial charge < -0.3 is 10.5 Å². The Balaban J connectivity index is 1.28. The van der Waals surface area contributed by atoms with E-state index in [1.165, 1.54) is 34.0 Å². The molecule has 2 aromatic carbocycles. The van der Waals surface area contributed by atoms with Crippen molar-refractivity contribution in [1.29, 1.82) is 0 Å².